The van der Waals surface area contributed by atoms with E-state index in [-0.39, 0.29) is 16.5 Å². The maximum atomic E-state index is 13.3. The highest BCUT2D eigenvalue weighted by Crippen LogP contribution is 2.45. The third-order valence-corrected chi connectivity index (χ3v) is 14.5. The van der Waals surface area contributed by atoms with E-state index in [0.29, 0.717) is 0 Å². The number of aliphatic hydroxyl groups is 1. The number of hydrogen-bond acceptors (Lipinski definition) is 7. The molecule has 2 saturated heterocycles. The van der Waals surface area contributed by atoms with Gasteiger partial charge < -0.3 is 23.7 Å². The highest BCUT2D eigenvalue weighted by Gasteiger charge is 2.64. The lowest BCUT2D eigenvalue weighted by Crippen LogP contribution is -2.67. The van der Waals surface area contributed by atoms with E-state index >= 15 is 0 Å². The Morgan fingerprint density at radius 2 is 1.32 bits per heavy atom. The van der Waals surface area contributed by atoms with E-state index in [4.69, 9.17) is 18.6 Å². The molecule has 2 fully saturated rings. The Hall–Kier alpha value is -2.37. The zero-order valence-corrected chi connectivity index (χ0v) is 25.4. The van der Waals surface area contributed by atoms with E-state index in [9.17, 15) is 13.5 Å². The second-order valence-corrected chi connectivity index (χ2v) is 18.4. The van der Waals surface area contributed by atoms with E-state index in [2.05, 4.69) is 45.0 Å². The molecule has 9 heteroatoms. The van der Waals surface area contributed by atoms with Crippen LogP contribution >= 0.6 is 0 Å². The predicted octanol–water partition coefficient (Wildman–Crippen LogP) is 3.64. The molecule has 0 amide bonds. The zero-order chi connectivity index (χ0) is 28.8. The Labute approximate surface area is 238 Å². The lowest BCUT2D eigenvalue weighted by molar-refractivity contribution is -0.266. The summed E-state index contributed by atoms with van der Waals surface area (Å²) in [6, 6.07) is 28.5. The Kier molecular flexibility index (Phi) is 7.63. The molecule has 0 bridgehead atoms. The first-order valence-electron chi connectivity index (χ1n) is 13.6. The number of fused-ring (bicyclic) bond motifs is 1. The van der Waals surface area contributed by atoms with Crippen molar-refractivity contribution in [2.45, 2.75) is 74.4 Å². The quantitative estimate of drug-likeness (QED) is 0.406. The summed E-state index contributed by atoms with van der Waals surface area (Å²) in [6.07, 6.45) is -2.48. The molecule has 3 aromatic rings. The minimum absolute atomic E-state index is 0.0849. The molecule has 5 rings (SSSR count). The first kappa shape index (κ1) is 29.1. The van der Waals surface area contributed by atoms with Crippen LogP contribution in [-0.4, -0.2) is 64.1 Å². The van der Waals surface area contributed by atoms with Crippen molar-refractivity contribution in [3.8, 4) is 0 Å². The molecule has 0 spiro atoms. The molecule has 1 N–H and O–H groups in total. The summed E-state index contributed by atoms with van der Waals surface area (Å²) in [5, 5.41) is 13.7. The van der Waals surface area contributed by atoms with Crippen LogP contribution in [0.25, 0.3) is 0 Å². The van der Waals surface area contributed by atoms with Gasteiger partial charge in [-0.05, 0) is 41.4 Å². The van der Waals surface area contributed by atoms with Crippen molar-refractivity contribution in [3.63, 3.8) is 0 Å². The van der Waals surface area contributed by atoms with E-state index in [0.717, 1.165) is 10.4 Å². The fourth-order valence-corrected chi connectivity index (χ4v) is 12.1. The third-order valence-electron chi connectivity index (χ3n) is 7.68. The number of ether oxygens (including phenoxy) is 3. The number of sulfone groups is 1. The van der Waals surface area contributed by atoms with Crippen molar-refractivity contribution in [2.75, 3.05) is 12.4 Å². The summed E-state index contributed by atoms with van der Waals surface area (Å²) in [6.45, 7) is 10.1. The van der Waals surface area contributed by atoms with Gasteiger partial charge in [0.05, 0.1) is 11.5 Å². The second-order valence-electron chi connectivity index (χ2n) is 12.1. The van der Waals surface area contributed by atoms with Gasteiger partial charge >= 0.3 is 0 Å². The van der Waals surface area contributed by atoms with E-state index in [1.54, 1.807) is 32.0 Å². The lowest BCUT2D eigenvalue weighted by atomic mass is 10.1. The Morgan fingerprint density at radius 1 is 0.825 bits per heavy atom. The number of rotatable bonds is 8. The van der Waals surface area contributed by atoms with Gasteiger partial charge in [-0.25, -0.2) is 8.42 Å². The van der Waals surface area contributed by atoms with E-state index in [1.807, 2.05) is 36.4 Å². The van der Waals surface area contributed by atoms with Gasteiger partial charge in [-0.2, -0.15) is 0 Å². The molecule has 214 valence electrons. The van der Waals surface area contributed by atoms with Crippen LogP contribution in [0.15, 0.2) is 95.9 Å². The largest absolute Gasteiger partial charge is 0.405 e. The van der Waals surface area contributed by atoms with Crippen LogP contribution in [0.2, 0.25) is 5.04 Å². The van der Waals surface area contributed by atoms with Gasteiger partial charge in [0.2, 0.25) is 5.79 Å². The monoisotopic (exact) mass is 582 g/mol. The number of hydrogen-bond donors (Lipinski definition) is 1. The summed E-state index contributed by atoms with van der Waals surface area (Å²) in [4.78, 5) is 0.105. The predicted molar refractivity (Wildman–Crippen MR) is 156 cm³/mol. The van der Waals surface area contributed by atoms with Crippen LogP contribution in [0, 0.1) is 0 Å². The Bertz CT molecular complexity index is 1370. The molecular weight excluding hydrogens is 544 g/mol. The number of benzene rings is 3. The second kappa shape index (κ2) is 10.5. The fraction of sp³-hybridized carbons (Fsp3) is 0.419. The van der Waals surface area contributed by atoms with Crippen LogP contribution in [-0.2, 0) is 28.5 Å². The minimum Gasteiger partial charge on any atom is -0.405 e. The van der Waals surface area contributed by atoms with Crippen molar-refractivity contribution >= 4 is 28.5 Å². The summed E-state index contributed by atoms with van der Waals surface area (Å²) in [7, 11) is -6.82. The van der Waals surface area contributed by atoms with Crippen molar-refractivity contribution in [1.29, 1.82) is 0 Å². The Balaban J connectivity index is 1.50. The summed E-state index contributed by atoms with van der Waals surface area (Å²) in [5.41, 5.74) is 0. The molecule has 2 aliphatic heterocycles. The minimum atomic E-state index is -3.90. The molecular formula is C31H38O7SSi. The molecule has 40 heavy (non-hydrogen) atoms. The normalized spacial score (nSPS) is 26.5. The molecule has 3 aromatic carbocycles. The molecule has 0 aromatic heterocycles. The van der Waals surface area contributed by atoms with Gasteiger partial charge in [0.1, 0.15) is 24.1 Å². The molecule has 4 atom stereocenters. The van der Waals surface area contributed by atoms with Crippen LogP contribution in [0.4, 0.5) is 0 Å². The van der Waals surface area contributed by atoms with Crippen LogP contribution in [0.5, 0.6) is 0 Å². The maximum Gasteiger partial charge on any atom is 0.261 e. The molecule has 2 aliphatic rings. The van der Waals surface area contributed by atoms with E-state index in [1.165, 1.54) is 12.1 Å². The summed E-state index contributed by atoms with van der Waals surface area (Å²) < 4.78 is 52.1. The first-order valence-corrected chi connectivity index (χ1v) is 17.1. The highest BCUT2D eigenvalue weighted by atomic mass is 32.2. The molecule has 0 saturated carbocycles. The van der Waals surface area contributed by atoms with Gasteiger partial charge in [-0.15, -0.1) is 0 Å². The smallest absolute Gasteiger partial charge is 0.261 e. The standard InChI is InChI=1S/C31H38O7SSi/c1-29(2,3)40(24-17-11-7-12-18-24,25-19-13-8-14-20-25)35-21-26-27-28(38-30(4,5)37-27)31(32,36-26)22-39(33,34)23-15-9-6-10-16-23/h6-20,26-28,32H,21-22H2,1-5H3/t26-,27-,28-,31+/m1/s1. The SMILES string of the molecule is CC1(C)O[C@H]2[C@@H](O1)[C@](O)(CS(=O)(=O)c1ccccc1)O[C@@H]2CO[Si](c1ccccc1)(c1ccccc1)C(C)(C)C. The highest BCUT2D eigenvalue weighted by molar-refractivity contribution is 7.91. The van der Waals surface area contributed by atoms with Gasteiger partial charge in [-0.3, -0.25) is 0 Å². The molecule has 7 nitrogen and oxygen atoms in total. The van der Waals surface area contributed by atoms with Crippen LogP contribution in [0.3, 0.4) is 0 Å². The fourth-order valence-electron chi connectivity index (χ4n) is 6.00. The van der Waals surface area contributed by atoms with E-state index < -0.39 is 53.8 Å². The average molecular weight is 583 g/mol. The average Bonchev–Trinajstić information content (AvgIpc) is 3.36. The topological polar surface area (TPSA) is 91.3 Å². The van der Waals surface area contributed by atoms with Crippen molar-refractivity contribution in [3.05, 3.63) is 91.0 Å². The van der Waals surface area contributed by atoms with Crippen molar-refractivity contribution in [1.82, 2.24) is 0 Å². The van der Waals surface area contributed by atoms with Crippen LogP contribution in [0.1, 0.15) is 34.6 Å². The lowest BCUT2D eigenvalue weighted by Gasteiger charge is -2.43. The Morgan fingerprint density at radius 3 is 1.82 bits per heavy atom. The van der Waals surface area contributed by atoms with Crippen molar-refractivity contribution < 1.29 is 32.2 Å². The van der Waals surface area contributed by atoms with Gasteiger partial charge in [0.15, 0.2) is 15.6 Å². The van der Waals surface area contributed by atoms with Gasteiger partial charge in [0, 0.05) is 0 Å². The summed E-state index contributed by atoms with van der Waals surface area (Å²) >= 11 is 0. The summed E-state index contributed by atoms with van der Waals surface area (Å²) in [5.74, 6) is -3.81. The molecule has 0 radical (unpaired) electrons. The van der Waals surface area contributed by atoms with Crippen LogP contribution < -0.4 is 10.4 Å². The molecule has 2 heterocycles. The maximum absolute atomic E-state index is 13.3. The zero-order valence-electron chi connectivity index (χ0n) is 23.6. The van der Waals surface area contributed by atoms with Crippen molar-refractivity contribution in [2.24, 2.45) is 0 Å². The molecule has 0 aliphatic carbocycles. The van der Waals surface area contributed by atoms with Gasteiger partial charge in [0.25, 0.3) is 8.32 Å². The molecule has 0 unspecified atom stereocenters. The first-order chi connectivity index (χ1) is 18.8. The third kappa shape index (κ3) is 5.32. The van der Waals surface area contributed by atoms with Gasteiger partial charge in [-0.1, -0.05) is 99.6 Å².